The van der Waals surface area contributed by atoms with Crippen LogP contribution in [0.15, 0.2) is 10.6 Å². The van der Waals surface area contributed by atoms with E-state index >= 15 is 0 Å². The van der Waals surface area contributed by atoms with Gasteiger partial charge in [0.15, 0.2) is 0 Å². The van der Waals surface area contributed by atoms with Gasteiger partial charge in [-0.1, -0.05) is 13.8 Å². The Kier molecular flexibility index (Phi) is 8.22. The number of carbonyl (C=O) groups excluding carboxylic acids is 1. The third-order valence-electron chi connectivity index (χ3n) is 5.94. The van der Waals surface area contributed by atoms with Crippen molar-refractivity contribution in [2.24, 2.45) is 11.8 Å². The molecule has 0 bridgehead atoms. The Labute approximate surface area is 177 Å². The van der Waals surface area contributed by atoms with Gasteiger partial charge < -0.3 is 25.7 Å². The van der Waals surface area contributed by atoms with E-state index in [2.05, 4.69) is 17.6 Å². The molecule has 0 spiro atoms. The van der Waals surface area contributed by atoms with E-state index < -0.39 is 18.0 Å². The average Bonchev–Trinajstić information content (AvgIpc) is 3.14. The number of carboxylic acid groups (broad SMARTS) is 1. The number of β-lactam (4-membered cyclic amide) rings is 1. The van der Waals surface area contributed by atoms with Gasteiger partial charge in [-0.2, -0.15) is 0 Å². The number of amides is 1. The van der Waals surface area contributed by atoms with E-state index in [4.69, 9.17) is 0 Å². The minimum atomic E-state index is -1.04. The van der Waals surface area contributed by atoms with Crippen LogP contribution < -0.4 is 10.6 Å². The molecule has 0 saturated carbocycles. The molecule has 3 aliphatic heterocycles. The summed E-state index contributed by atoms with van der Waals surface area (Å²) < 4.78 is 0. The third kappa shape index (κ3) is 4.36. The summed E-state index contributed by atoms with van der Waals surface area (Å²) in [5, 5.41) is 26.8. The Hall–Kier alpha value is -0.800. The number of thioether (sulfide) groups is 1. The van der Waals surface area contributed by atoms with Gasteiger partial charge in [-0.3, -0.25) is 4.79 Å². The predicted molar refractivity (Wildman–Crippen MR) is 112 cm³/mol. The number of hydrogen-bond donors (Lipinski definition) is 4. The number of nitrogens with zero attached hydrogens (tertiary/aromatic N) is 1. The summed E-state index contributed by atoms with van der Waals surface area (Å²) in [5.41, 5.74) is 0.134. The van der Waals surface area contributed by atoms with Crippen LogP contribution in [0.25, 0.3) is 0 Å². The molecule has 2 fully saturated rings. The molecule has 1 amide bonds. The standard InChI is InChI=1S/C19H31N3O4S.ClH/c1-4-20-7-5-6-12-8-13(9-21-12)27-17-10(2)15-14(11(3)23)18(24)22(15)16(17)19(25)26;/h10-15,20-21,23H,4-9H2,1-3H3,(H,25,26);1H/t10-,11-,12-,13+,14-,15-;/m1./s1. The lowest BCUT2D eigenvalue weighted by Gasteiger charge is -2.46. The maximum absolute atomic E-state index is 12.4. The van der Waals surface area contributed by atoms with Crippen molar-refractivity contribution in [2.45, 2.75) is 63.5 Å². The lowest BCUT2D eigenvalue weighted by molar-refractivity contribution is -0.163. The highest BCUT2D eigenvalue weighted by atomic mass is 35.5. The van der Waals surface area contributed by atoms with E-state index in [-0.39, 0.29) is 36.0 Å². The fourth-order valence-corrected chi connectivity index (χ4v) is 6.12. The van der Waals surface area contributed by atoms with Gasteiger partial charge in [0.25, 0.3) is 0 Å². The molecular formula is C19H32ClN3O4S. The van der Waals surface area contributed by atoms with Gasteiger partial charge in [0, 0.05) is 28.7 Å². The molecule has 3 heterocycles. The number of hydrogen-bond acceptors (Lipinski definition) is 6. The van der Waals surface area contributed by atoms with E-state index in [1.54, 1.807) is 18.7 Å². The van der Waals surface area contributed by atoms with E-state index in [1.807, 2.05) is 6.92 Å². The Balaban J connectivity index is 0.00000280. The largest absolute Gasteiger partial charge is 0.477 e. The highest BCUT2D eigenvalue weighted by Crippen LogP contribution is 2.51. The SMILES string of the molecule is CCNCCC[C@@H]1C[C@H](SC2=C(C(=O)O)N3C(=O)[C@H]([C@@H](C)O)[C@H]3[C@H]2C)CN1.Cl. The third-order valence-corrected chi connectivity index (χ3v) is 7.45. The number of carboxylic acids is 1. The summed E-state index contributed by atoms with van der Waals surface area (Å²) in [6.45, 7) is 8.57. The molecule has 0 aliphatic carbocycles. The van der Waals surface area contributed by atoms with Crippen molar-refractivity contribution in [3.63, 3.8) is 0 Å². The summed E-state index contributed by atoms with van der Waals surface area (Å²) in [7, 11) is 0. The van der Waals surface area contributed by atoms with Crippen LogP contribution in [0.2, 0.25) is 0 Å². The number of aliphatic carboxylic acids is 1. The first-order valence-electron chi connectivity index (χ1n) is 9.96. The van der Waals surface area contributed by atoms with Crippen molar-refractivity contribution < 1.29 is 19.8 Å². The first-order chi connectivity index (χ1) is 12.9. The minimum absolute atomic E-state index is 0. The number of fused-ring (bicyclic) bond motifs is 1. The fraction of sp³-hybridized carbons (Fsp3) is 0.789. The van der Waals surface area contributed by atoms with Crippen molar-refractivity contribution in [3.05, 3.63) is 10.6 Å². The minimum Gasteiger partial charge on any atom is -0.477 e. The smallest absolute Gasteiger partial charge is 0.353 e. The summed E-state index contributed by atoms with van der Waals surface area (Å²) in [6.07, 6.45) is 2.50. The molecule has 0 unspecified atom stereocenters. The van der Waals surface area contributed by atoms with Crippen molar-refractivity contribution >= 4 is 36.0 Å². The zero-order valence-corrected chi connectivity index (χ0v) is 18.3. The molecule has 0 aromatic rings. The lowest BCUT2D eigenvalue weighted by Crippen LogP contribution is -2.63. The molecule has 4 N–H and O–H groups in total. The zero-order valence-electron chi connectivity index (χ0n) is 16.7. The molecule has 7 nitrogen and oxygen atoms in total. The Morgan fingerprint density at radius 2 is 2.18 bits per heavy atom. The number of rotatable bonds is 9. The van der Waals surface area contributed by atoms with Gasteiger partial charge >= 0.3 is 5.97 Å². The van der Waals surface area contributed by atoms with Crippen LogP contribution in [0.1, 0.15) is 40.0 Å². The highest BCUT2D eigenvalue weighted by Gasteiger charge is 2.60. The monoisotopic (exact) mass is 433 g/mol. The van der Waals surface area contributed by atoms with E-state index in [1.165, 1.54) is 4.90 Å². The average molecular weight is 434 g/mol. The number of aliphatic hydroxyl groups excluding tert-OH is 1. The van der Waals surface area contributed by atoms with Crippen LogP contribution in [0.5, 0.6) is 0 Å². The molecule has 9 heteroatoms. The first-order valence-corrected chi connectivity index (χ1v) is 10.8. The topological polar surface area (TPSA) is 102 Å². The summed E-state index contributed by atoms with van der Waals surface area (Å²) in [4.78, 5) is 26.5. The quantitative estimate of drug-likeness (QED) is 0.322. The zero-order chi connectivity index (χ0) is 19.7. The van der Waals surface area contributed by atoms with E-state index in [0.29, 0.717) is 11.3 Å². The van der Waals surface area contributed by atoms with Gasteiger partial charge in [-0.25, -0.2) is 4.79 Å². The van der Waals surface area contributed by atoms with Gasteiger partial charge in [-0.05, 0) is 39.3 Å². The van der Waals surface area contributed by atoms with Gasteiger partial charge in [-0.15, -0.1) is 24.2 Å². The molecule has 6 atom stereocenters. The lowest BCUT2D eigenvalue weighted by atomic mass is 9.79. The fourth-order valence-electron chi connectivity index (χ4n) is 4.60. The summed E-state index contributed by atoms with van der Waals surface area (Å²) in [5.74, 6) is -1.85. The number of nitrogens with one attached hydrogen (secondary N) is 2. The van der Waals surface area contributed by atoms with Crippen LogP contribution >= 0.6 is 24.2 Å². The first kappa shape index (κ1) is 23.5. The van der Waals surface area contributed by atoms with Gasteiger partial charge in [0.05, 0.1) is 18.1 Å². The number of aliphatic hydroxyl groups is 1. The van der Waals surface area contributed by atoms with Crippen LogP contribution in [-0.4, -0.2) is 70.1 Å². The Morgan fingerprint density at radius 3 is 2.79 bits per heavy atom. The van der Waals surface area contributed by atoms with Crippen molar-refractivity contribution in [3.8, 4) is 0 Å². The van der Waals surface area contributed by atoms with Crippen molar-refractivity contribution in [1.29, 1.82) is 0 Å². The van der Waals surface area contributed by atoms with Crippen LogP contribution in [0.3, 0.4) is 0 Å². The van der Waals surface area contributed by atoms with Crippen molar-refractivity contribution in [2.75, 3.05) is 19.6 Å². The van der Waals surface area contributed by atoms with E-state index in [0.717, 1.165) is 43.8 Å². The molecule has 0 aromatic heterocycles. The maximum atomic E-state index is 12.4. The number of carbonyl (C=O) groups is 2. The summed E-state index contributed by atoms with van der Waals surface area (Å²) in [6, 6.07) is 0.243. The molecular weight excluding hydrogens is 402 g/mol. The van der Waals surface area contributed by atoms with Gasteiger partial charge in [0.2, 0.25) is 5.91 Å². The molecule has 2 saturated heterocycles. The second-order valence-electron chi connectivity index (χ2n) is 7.85. The predicted octanol–water partition coefficient (Wildman–Crippen LogP) is 1.42. The second-order valence-corrected chi connectivity index (χ2v) is 9.19. The maximum Gasteiger partial charge on any atom is 0.353 e. The van der Waals surface area contributed by atoms with Crippen LogP contribution in [0.4, 0.5) is 0 Å². The van der Waals surface area contributed by atoms with E-state index in [9.17, 15) is 19.8 Å². The Morgan fingerprint density at radius 1 is 1.46 bits per heavy atom. The molecule has 3 aliphatic rings. The highest BCUT2D eigenvalue weighted by molar-refractivity contribution is 8.03. The van der Waals surface area contributed by atoms with Crippen LogP contribution in [-0.2, 0) is 9.59 Å². The molecule has 3 rings (SSSR count). The van der Waals surface area contributed by atoms with Crippen LogP contribution in [0, 0.1) is 11.8 Å². The number of halogens is 1. The molecule has 0 radical (unpaired) electrons. The Bertz CT molecular complexity index is 630. The van der Waals surface area contributed by atoms with Crippen molar-refractivity contribution in [1.82, 2.24) is 15.5 Å². The molecule has 160 valence electrons. The summed E-state index contributed by atoms with van der Waals surface area (Å²) >= 11 is 1.62. The molecule has 0 aromatic carbocycles. The van der Waals surface area contributed by atoms with Gasteiger partial charge in [0.1, 0.15) is 5.70 Å². The second kappa shape index (κ2) is 9.80. The molecule has 28 heavy (non-hydrogen) atoms. The normalized spacial score (nSPS) is 32.8.